The first kappa shape index (κ1) is 13.3. The van der Waals surface area contributed by atoms with Crippen molar-refractivity contribution in [1.29, 1.82) is 0 Å². The standard InChI is InChI=1S/C11H15BrClN3/c1-11(2,3)16-10(14)15-9-5-4-7(13)6-8(9)12/h4-6H,1-3H3,(H3,14,15,16). The van der Waals surface area contributed by atoms with Gasteiger partial charge in [-0.25, -0.2) is 4.99 Å². The zero-order chi connectivity index (χ0) is 12.3. The van der Waals surface area contributed by atoms with Gasteiger partial charge in [0, 0.05) is 9.50 Å². The molecule has 0 fully saturated rings. The van der Waals surface area contributed by atoms with Gasteiger partial charge in [0.05, 0.1) is 11.2 Å². The third-order valence-electron chi connectivity index (χ3n) is 1.65. The maximum absolute atomic E-state index is 5.84. The molecule has 0 atom stereocenters. The second-order valence-corrected chi connectivity index (χ2v) is 5.71. The maximum atomic E-state index is 5.84. The van der Waals surface area contributed by atoms with Gasteiger partial charge in [-0.05, 0) is 54.9 Å². The third-order valence-corrected chi connectivity index (χ3v) is 2.54. The lowest BCUT2D eigenvalue weighted by molar-refractivity contribution is 0.583. The molecular weight excluding hydrogens is 289 g/mol. The number of hydrogen-bond acceptors (Lipinski definition) is 1. The minimum atomic E-state index is -0.198. The summed E-state index contributed by atoms with van der Waals surface area (Å²) in [7, 11) is 0. The first-order valence-corrected chi connectivity index (χ1v) is 6.02. The van der Waals surface area contributed by atoms with Crippen molar-refractivity contribution in [2.75, 3.05) is 5.32 Å². The molecular formula is C11H15BrClN3. The number of guanidine groups is 1. The van der Waals surface area contributed by atoms with E-state index in [4.69, 9.17) is 17.3 Å². The number of anilines is 1. The number of halogens is 2. The monoisotopic (exact) mass is 303 g/mol. The Morgan fingerprint density at radius 1 is 1.44 bits per heavy atom. The van der Waals surface area contributed by atoms with Crippen LogP contribution in [0.5, 0.6) is 0 Å². The molecule has 3 N–H and O–H groups in total. The van der Waals surface area contributed by atoms with Gasteiger partial charge in [-0.1, -0.05) is 11.6 Å². The van der Waals surface area contributed by atoms with Crippen LogP contribution in [0.25, 0.3) is 0 Å². The zero-order valence-electron chi connectivity index (χ0n) is 9.51. The minimum Gasteiger partial charge on any atom is -0.370 e. The van der Waals surface area contributed by atoms with E-state index in [1.807, 2.05) is 26.8 Å². The van der Waals surface area contributed by atoms with E-state index >= 15 is 0 Å². The minimum absolute atomic E-state index is 0.198. The highest BCUT2D eigenvalue weighted by Gasteiger charge is 2.09. The smallest absolute Gasteiger partial charge is 0.193 e. The summed E-state index contributed by atoms with van der Waals surface area (Å²) in [5.74, 6) is 0.385. The molecule has 0 aliphatic heterocycles. The Morgan fingerprint density at radius 2 is 2.06 bits per heavy atom. The van der Waals surface area contributed by atoms with Crippen molar-refractivity contribution in [2.45, 2.75) is 26.3 Å². The molecule has 88 valence electrons. The molecule has 0 amide bonds. The summed E-state index contributed by atoms with van der Waals surface area (Å²) in [5.41, 5.74) is 6.43. The van der Waals surface area contributed by atoms with Gasteiger partial charge in [0.1, 0.15) is 0 Å². The molecule has 0 aliphatic carbocycles. The highest BCUT2D eigenvalue weighted by Crippen LogP contribution is 2.25. The summed E-state index contributed by atoms with van der Waals surface area (Å²) in [6, 6.07) is 5.44. The van der Waals surface area contributed by atoms with Gasteiger partial charge >= 0.3 is 0 Å². The summed E-state index contributed by atoms with van der Waals surface area (Å²) in [6.45, 7) is 5.95. The Morgan fingerprint density at radius 3 is 2.56 bits per heavy atom. The Balaban J connectivity index is 2.85. The van der Waals surface area contributed by atoms with Crippen LogP contribution in [0, 0.1) is 0 Å². The van der Waals surface area contributed by atoms with Gasteiger partial charge in [0.2, 0.25) is 0 Å². The second kappa shape index (κ2) is 5.06. The van der Waals surface area contributed by atoms with Crippen molar-refractivity contribution in [2.24, 2.45) is 10.7 Å². The molecule has 0 unspecified atom stereocenters. The van der Waals surface area contributed by atoms with Crippen LogP contribution in [0.15, 0.2) is 27.7 Å². The van der Waals surface area contributed by atoms with Crippen LogP contribution in [0.1, 0.15) is 20.8 Å². The first-order chi connectivity index (χ1) is 7.28. The Bertz CT molecular complexity index is 410. The summed E-state index contributed by atoms with van der Waals surface area (Å²) in [6.07, 6.45) is 0. The molecule has 1 aromatic rings. The SMILES string of the molecule is CC(C)(C)N=C(N)Nc1ccc(Cl)cc1Br. The lowest BCUT2D eigenvalue weighted by Gasteiger charge is -2.15. The number of nitrogens with zero attached hydrogens (tertiary/aromatic N) is 1. The second-order valence-electron chi connectivity index (χ2n) is 4.42. The molecule has 16 heavy (non-hydrogen) atoms. The fourth-order valence-electron chi connectivity index (χ4n) is 1.12. The van der Waals surface area contributed by atoms with E-state index in [1.54, 1.807) is 12.1 Å². The molecule has 0 bridgehead atoms. The van der Waals surface area contributed by atoms with Crippen molar-refractivity contribution >= 4 is 39.2 Å². The number of aliphatic imine (C=N–C) groups is 1. The molecule has 0 spiro atoms. The predicted molar refractivity (Wildman–Crippen MR) is 74.2 cm³/mol. The Kier molecular flexibility index (Phi) is 4.21. The van der Waals surface area contributed by atoms with Gasteiger partial charge in [0.15, 0.2) is 5.96 Å². The van der Waals surface area contributed by atoms with Crippen LogP contribution in [-0.2, 0) is 0 Å². The number of hydrogen-bond donors (Lipinski definition) is 2. The molecule has 0 aromatic heterocycles. The average Bonchev–Trinajstić information content (AvgIpc) is 2.06. The highest BCUT2D eigenvalue weighted by atomic mass is 79.9. The van der Waals surface area contributed by atoms with E-state index < -0.39 is 0 Å². The number of rotatable bonds is 1. The lowest BCUT2D eigenvalue weighted by Crippen LogP contribution is -2.27. The van der Waals surface area contributed by atoms with Crippen LogP contribution in [0.4, 0.5) is 5.69 Å². The van der Waals surface area contributed by atoms with E-state index in [9.17, 15) is 0 Å². The summed E-state index contributed by atoms with van der Waals surface area (Å²) >= 11 is 9.24. The molecule has 0 radical (unpaired) electrons. The fourth-order valence-corrected chi connectivity index (χ4v) is 1.90. The van der Waals surface area contributed by atoms with Crippen LogP contribution in [-0.4, -0.2) is 11.5 Å². The normalized spacial score (nSPS) is 12.7. The van der Waals surface area contributed by atoms with Crippen molar-refractivity contribution in [3.8, 4) is 0 Å². The zero-order valence-corrected chi connectivity index (χ0v) is 11.9. The molecule has 3 nitrogen and oxygen atoms in total. The number of benzene rings is 1. The van der Waals surface area contributed by atoms with E-state index in [0.29, 0.717) is 11.0 Å². The summed E-state index contributed by atoms with van der Waals surface area (Å²) < 4.78 is 0.854. The quantitative estimate of drug-likeness (QED) is 0.615. The Hall–Kier alpha value is -0.740. The summed E-state index contributed by atoms with van der Waals surface area (Å²) in [4.78, 5) is 4.30. The fraction of sp³-hybridized carbons (Fsp3) is 0.364. The van der Waals surface area contributed by atoms with Gasteiger partial charge < -0.3 is 11.1 Å². The molecule has 0 aliphatic rings. The van der Waals surface area contributed by atoms with E-state index in [0.717, 1.165) is 10.2 Å². The molecule has 1 rings (SSSR count). The average molecular weight is 305 g/mol. The molecule has 0 heterocycles. The van der Waals surface area contributed by atoms with Crippen LogP contribution >= 0.6 is 27.5 Å². The summed E-state index contributed by atoms with van der Waals surface area (Å²) in [5, 5.41) is 3.69. The van der Waals surface area contributed by atoms with Crippen molar-refractivity contribution in [3.63, 3.8) is 0 Å². The predicted octanol–water partition coefficient (Wildman–Crippen LogP) is 3.63. The van der Waals surface area contributed by atoms with Crippen LogP contribution in [0.2, 0.25) is 5.02 Å². The largest absolute Gasteiger partial charge is 0.370 e. The molecule has 0 saturated heterocycles. The van der Waals surface area contributed by atoms with Crippen molar-refractivity contribution in [3.05, 3.63) is 27.7 Å². The van der Waals surface area contributed by atoms with Gasteiger partial charge in [-0.3, -0.25) is 0 Å². The van der Waals surface area contributed by atoms with E-state index in [-0.39, 0.29) is 5.54 Å². The molecule has 5 heteroatoms. The van der Waals surface area contributed by atoms with Gasteiger partial charge in [-0.2, -0.15) is 0 Å². The number of nitrogens with two attached hydrogens (primary N) is 1. The topological polar surface area (TPSA) is 50.4 Å². The third kappa shape index (κ3) is 4.41. The van der Waals surface area contributed by atoms with Gasteiger partial charge in [-0.15, -0.1) is 0 Å². The van der Waals surface area contributed by atoms with Gasteiger partial charge in [0.25, 0.3) is 0 Å². The highest BCUT2D eigenvalue weighted by molar-refractivity contribution is 9.10. The van der Waals surface area contributed by atoms with Crippen LogP contribution in [0.3, 0.4) is 0 Å². The lowest BCUT2D eigenvalue weighted by atomic mass is 10.1. The Labute approximate surface area is 109 Å². The van der Waals surface area contributed by atoms with E-state index in [2.05, 4.69) is 26.2 Å². The molecule has 0 saturated carbocycles. The van der Waals surface area contributed by atoms with Crippen molar-refractivity contribution in [1.82, 2.24) is 0 Å². The van der Waals surface area contributed by atoms with E-state index in [1.165, 1.54) is 0 Å². The number of nitrogens with one attached hydrogen (secondary N) is 1. The van der Waals surface area contributed by atoms with Crippen LogP contribution < -0.4 is 11.1 Å². The van der Waals surface area contributed by atoms with Crippen molar-refractivity contribution < 1.29 is 0 Å². The first-order valence-electron chi connectivity index (χ1n) is 4.85. The maximum Gasteiger partial charge on any atom is 0.193 e. The molecule has 1 aromatic carbocycles.